The average molecular weight is 370 g/mol. The maximum atomic E-state index is 13.0. The van der Waals surface area contributed by atoms with Crippen molar-refractivity contribution in [2.24, 2.45) is 0 Å². The fourth-order valence-electron chi connectivity index (χ4n) is 3.77. The number of benzene rings is 1. The molecule has 0 bridgehead atoms. The van der Waals surface area contributed by atoms with E-state index in [4.69, 9.17) is 17.0 Å². The highest BCUT2D eigenvalue weighted by Gasteiger charge is 2.40. The fourth-order valence-corrected chi connectivity index (χ4v) is 4.06. The minimum atomic E-state index is -0.485. The number of rotatable bonds is 4. The van der Waals surface area contributed by atoms with Gasteiger partial charge in [-0.15, -0.1) is 0 Å². The minimum Gasteiger partial charge on any atom is -0.376 e. The Morgan fingerprint density at radius 3 is 2.77 bits per heavy atom. The fraction of sp³-hybridized carbons (Fsp3) is 0.421. The Labute approximate surface area is 158 Å². The molecule has 0 radical (unpaired) electrons. The Morgan fingerprint density at radius 1 is 1.31 bits per heavy atom. The zero-order valence-electron chi connectivity index (χ0n) is 14.9. The van der Waals surface area contributed by atoms with Crippen molar-refractivity contribution in [1.82, 2.24) is 20.0 Å². The summed E-state index contributed by atoms with van der Waals surface area (Å²) in [6.45, 7) is 5.20. The molecule has 1 aromatic heterocycles. The molecule has 0 spiro atoms. The van der Waals surface area contributed by atoms with Gasteiger partial charge in [-0.05, 0) is 51.0 Å². The number of amides is 1. The number of aryl methyl sites for hydroxylation is 1. The van der Waals surface area contributed by atoms with Crippen LogP contribution in [0, 0.1) is 13.8 Å². The average Bonchev–Trinajstić information content (AvgIpc) is 3.32. The Kier molecular flexibility index (Phi) is 4.50. The van der Waals surface area contributed by atoms with Crippen LogP contribution in [0.5, 0.6) is 0 Å². The summed E-state index contributed by atoms with van der Waals surface area (Å²) in [5.74, 6) is -0.0238. The van der Waals surface area contributed by atoms with Crippen LogP contribution < -0.4 is 5.32 Å². The van der Waals surface area contributed by atoms with Gasteiger partial charge in [0, 0.05) is 17.9 Å². The molecule has 4 rings (SSSR count). The van der Waals surface area contributed by atoms with Gasteiger partial charge < -0.3 is 10.1 Å². The number of carbonyl (C=O) groups excluding carboxylic acids is 1. The van der Waals surface area contributed by atoms with Crippen molar-refractivity contribution in [1.29, 1.82) is 0 Å². The Hall–Kier alpha value is -2.25. The second-order valence-electron chi connectivity index (χ2n) is 6.80. The highest BCUT2D eigenvalue weighted by Crippen LogP contribution is 2.29. The van der Waals surface area contributed by atoms with Gasteiger partial charge in [-0.1, -0.05) is 18.2 Å². The number of carbonyl (C=O) groups is 1. The summed E-state index contributed by atoms with van der Waals surface area (Å²) in [4.78, 5) is 14.7. The van der Waals surface area contributed by atoms with Gasteiger partial charge in [0.05, 0.1) is 24.0 Å². The number of thiocarbonyl (C=S) groups is 1. The van der Waals surface area contributed by atoms with Gasteiger partial charge in [-0.3, -0.25) is 9.69 Å². The molecule has 2 aromatic rings. The van der Waals surface area contributed by atoms with E-state index in [0.29, 0.717) is 11.7 Å². The van der Waals surface area contributed by atoms with Gasteiger partial charge in [0.15, 0.2) is 5.11 Å². The van der Waals surface area contributed by atoms with Gasteiger partial charge >= 0.3 is 0 Å². The summed E-state index contributed by atoms with van der Waals surface area (Å²) in [5.41, 5.74) is 3.65. The summed E-state index contributed by atoms with van der Waals surface area (Å²) in [6.07, 6.45) is 2.09. The van der Waals surface area contributed by atoms with E-state index >= 15 is 0 Å². The first-order valence-electron chi connectivity index (χ1n) is 8.91. The van der Waals surface area contributed by atoms with Crippen molar-refractivity contribution in [2.75, 3.05) is 13.2 Å². The van der Waals surface area contributed by atoms with Crippen LogP contribution in [0.25, 0.3) is 5.69 Å². The molecule has 3 heterocycles. The van der Waals surface area contributed by atoms with E-state index < -0.39 is 6.04 Å². The Morgan fingerprint density at radius 2 is 2.08 bits per heavy atom. The second kappa shape index (κ2) is 6.81. The zero-order valence-corrected chi connectivity index (χ0v) is 15.8. The summed E-state index contributed by atoms with van der Waals surface area (Å²) < 4.78 is 7.54. The summed E-state index contributed by atoms with van der Waals surface area (Å²) in [6, 6.07) is 9.44. The van der Waals surface area contributed by atoms with Crippen molar-refractivity contribution >= 4 is 23.2 Å². The lowest BCUT2D eigenvalue weighted by atomic mass is 10.0. The number of nitrogens with one attached hydrogen (secondary N) is 1. The topological polar surface area (TPSA) is 59.4 Å². The van der Waals surface area contributed by atoms with E-state index in [1.54, 1.807) is 4.90 Å². The molecule has 1 N–H and O–H groups in total. The first kappa shape index (κ1) is 17.2. The van der Waals surface area contributed by atoms with Crippen molar-refractivity contribution in [2.45, 2.75) is 38.8 Å². The van der Waals surface area contributed by atoms with E-state index in [9.17, 15) is 4.79 Å². The molecule has 2 atom stereocenters. The van der Waals surface area contributed by atoms with Crippen LogP contribution in [0.3, 0.4) is 0 Å². The normalized spacial score (nSPS) is 22.9. The molecular weight excluding hydrogens is 348 g/mol. The first-order valence-corrected chi connectivity index (χ1v) is 9.32. The third-order valence-electron chi connectivity index (χ3n) is 5.07. The molecule has 1 aromatic carbocycles. The molecule has 0 unspecified atom stereocenters. The molecule has 0 aliphatic carbocycles. The van der Waals surface area contributed by atoms with E-state index in [-0.39, 0.29) is 12.0 Å². The molecule has 7 heteroatoms. The number of nitrogens with zero attached hydrogens (tertiary/aromatic N) is 3. The van der Waals surface area contributed by atoms with Crippen LogP contribution in [0.2, 0.25) is 0 Å². The number of para-hydroxylation sites is 1. The van der Waals surface area contributed by atoms with Crippen molar-refractivity contribution in [3.05, 3.63) is 47.3 Å². The standard InChI is InChI=1S/C19H22N4O2S/c1-12-16(13(2)23(21-12)14-7-4-3-5-8-14)17-18(24)22(19(26)20-17)11-15-9-6-10-25-15/h3-5,7-8,15,17H,6,9-11H2,1-2H3,(H,20,26)/t15-,17+/m0/s1. The van der Waals surface area contributed by atoms with Gasteiger partial charge in [0.1, 0.15) is 6.04 Å². The van der Waals surface area contributed by atoms with E-state index in [1.165, 1.54) is 0 Å². The smallest absolute Gasteiger partial charge is 0.256 e. The Balaban J connectivity index is 1.63. The van der Waals surface area contributed by atoms with Crippen LogP contribution in [-0.2, 0) is 9.53 Å². The molecule has 26 heavy (non-hydrogen) atoms. The minimum absolute atomic E-state index is 0.0238. The van der Waals surface area contributed by atoms with Crippen LogP contribution in [0.15, 0.2) is 30.3 Å². The molecule has 6 nitrogen and oxygen atoms in total. The summed E-state index contributed by atoms with van der Waals surface area (Å²) in [7, 11) is 0. The number of hydrogen-bond donors (Lipinski definition) is 1. The number of hydrogen-bond acceptors (Lipinski definition) is 4. The molecule has 2 aliphatic heterocycles. The maximum absolute atomic E-state index is 13.0. The van der Waals surface area contributed by atoms with Gasteiger partial charge in [-0.25, -0.2) is 4.68 Å². The third-order valence-corrected chi connectivity index (χ3v) is 5.41. The molecule has 2 aliphatic rings. The lowest BCUT2D eigenvalue weighted by molar-refractivity contribution is -0.128. The van der Waals surface area contributed by atoms with Crippen LogP contribution in [0.4, 0.5) is 0 Å². The quantitative estimate of drug-likeness (QED) is 0.838. The number of aromatic nitrogens is 2. The maximum Gasteiger partial charge on any atom is 0.256 e. The molecule has 2 fully saturated rings. The Bertz CT molecular complexity index is 843. The molecule has 1 amide bonds. The highest BCUT2D eigenvalue weighted by atomic mass is 32.1. The van der Waals surface area contributed by atoms with Gasteiger partial charge in [-0.2, -0.15) is 5.10 Å². The largest absolute Gasteiger partial charge is 0.376 e. The zero-order chi connectivity index (χ0) is 18.3. The molecular formula is C19H22N4O2S. The predicted octanol–water partition coefficient (Wildman–Crippen LogP) is 2.43. The van der Waals surface area contributed by atoms with E-state index in [1.807, 2.05) is 48.9 Å². The molecule has 136 valence electrons. The lowest BCUT2D eigenvalue weighted by Gasteiger charge is -2.19. The monoisotopic (exact) mass is 370 g/mol. The second-order valence-corrected chi connectivity index (χ2v) is 7.18. The number of ether oxygens (including phenoxy) is 1. The van der Waals surface area contributed by atoms with Crippen molar-refractivity contribution in [3.63, 3.8) is 0 Å². The molecule has 0 saturated carbocycles. The summed E-state index contributed by atoms with van der Waals surface area (Å²) >= 11 is 5.43. The lowest BCUT2D eigenvalue weighted by Crippen LogP contribution is -2.37. The van der Waals surface area contributed by atoms with E-state index in [0.717, 1.165) is 42.1 Å². The van der Waals surface area contributed by atoms with Crippen LogP contribution >= 0.6 is 12.2 Å². The highest BCUT2D eigenvalue weighted by molar-refractivity contribution is 7.80. The van der Waals surface area contributed by atoms with Gasteiger partial charge in [0.2, 0.25) is 0 Å². The predicted molar refractivity (Wildman–Crippen MR) is 102 cm³/mol. The van der Waals surface area contributed by atoms with Crippen molar-refractivity contribution in [3.8, 4) is 5.69 Å². The van der Waals surface area contributed by atoms with E-state index in [2.05, 4.69) is 10.4 Å². The van der Waals surface area contributed by atoms with Gasteiger partial charge in [0.25, 0.3) is 5.91 Å². The van der Waals surface area contributed by atoms with Crippen molar-refractivity contribution < 1.29 is 9.53 Å². The SMILES string of the molecule is Cc1nn(-c2ccccc2)c(C)c1[C@H]1NC(=S)N(C[C@@H]2CCCO2)C1=O. The van der Waals surface area contributed by atoms with Crippen LogP contribution in [0.1, 0.15) is 35.8 Å². The van der Waals surface area contributed by atoms with Crippen LogP contribution in [-0.4, -0.2) is 45.0 Å². The molecule has 2 saturated heterocycles. The third kappa shape index (κ3) is 2.91. The summed E-state index contributed by atoms with van der Waals surface area (Å²) in [5, 5.41) is 8.31. The first-order chi connectivity index (χ1) is 12.6.